The summed E-state index contributed by atoms with van der Waals surface area (Å²) in [6.07, 6.45) is -10.3. The first-order valence-corrected chi connectivity index (χ1v) is 29.0. The third-order valence-corrected chi connectivity index (χ3v) is 14.8. The van der Waals surface area contributed by atoms with E-state index >= 15 is 0 Å². The molecule has 0 bridgehead atoms. The number of aryl methyl sites for hydroxylation is 2. The Balaban J connectivity index is 0.00000155. The lowest BCUT2D eigenvalue weighted by Gasteiger charge is -2.39. The number of aromatic amines is 2. The van der Waals surface area contributed by atoms with Gasteiger partial charge in [-0.05, 0) is 126 Å². The van der Waals surface area contributed by atoms with Crippen LogP contribution in [0.25, 0.3) is 0 Å². The van der Waals surface area contributed by atoms with E-state index in [2.05, 4.69) is 31.0 Å². The van der Waals surface area contributed by atoms with Gasteiger partial charge < -0.3 is 123 Å². The summed E-state index contributed by atoms with van der Waals surface area (Å²) in [5.41, 5.74) is 16.9. The van der Waals surface area contributed by atoms with Gasteiger partial charge in [0.05, 0.1) is 37.3 Å². The van der Waals surface area contributed by atoms with Crippen LogP contribution in [-0.2, 0) is 41.5 Å². The van der Waals surface area contributed by atoms with E-state index in [1.807, 2.05) is 77.9 Å². The number of aliphatic hydroxyl groups is 8. The Kier molecular flexibility index (Phi) is 36.6. The first-order valence-electron chi connectivity index (χ1n) is 29.0. The maximum atomic E-state index is 11.4. The molecule has 6 rings (SSSR count). The van der Waals surface area contributed by atoms with Gasteiger partial charge in [0.25, 0.3) is 0 Å². The van der Waals surface area contributed by atoms with Crippen molar-refractivity contribution in [3.63, 3.8) is 0 Å². The van der Waals surface area contributed by atoms with Gasteiger partial charge in [0.1, 0.15) is 60.3 Å². The van der Waals surface area contributed by atoms with Crippen molar-refractivity contribution in [3.05, 3.63) is 93.3 Å². The average Bonchev–Trinajstić information content (AvgIpc) is 1.70. The fourth-order valence-corrected chi connectivity index (χ4v) is 8.95. The van der Waals surface area contributed by atoms with E-state index in [4.69, 9.17) is 50.1 Å². The van der Waals surface area contributed by atoms with Crippen LogP contribution in [0.2, 0.25) is 0 Å². The number of aliphatic carboxylic acids is 2. The predicted octanol–water partition coefficient (Wildman–Crippen LogP) is -2.62. The van der Waals surface area contributed by atoms with Crippen molar-refractivity contribution in [2.45, 2.75) is 168 Å². The van der Waals surface area contributed by atoms with Crippen molar-refractivity contribution in [1.82, 2.24) is 31.0 Å². The predicted molar refractivity (Wildman–Crippen MR) is 333 cm³/mol. The Morgan fingerprint density at radius 3 is 1.21 bits per heavy atom. The number of H-pyrrole nitrogens is 2. The number of nitrogens with one attached hydrogen (secondary N) is 4. The summed E-state index contributed by atoms with van der Waals surface area (Å²) < 4.78 is 34.6. The topological polar surface area (TPSA) is 585 Å². The minimum Gasteiger partial charge on any atom is -0.494 e. The van der Waals surface area contributed by atoms with Crippen LogP contribution in [0.5, 0.6) is 23.3 Å². The number of carbonyl (C=O) groups excluding carboxylic acids is 2. The number of primary amides is 2. The van der Waals surface area contributed by atoms with Crippen LogP contribution in [0.3, 0.4) is 0 Å². The number of nitrogens with two attached hydrogens (primary N) is 2. The fourth-order valence-electron chi connectivity index (χ4n) is 8.95. The molecule has 0 radical (unpaired) electrons. The maximum absolute atomic E-state index is 11.4. The second-order valence-electron chi connectivity index (χ2n) is 23.6. The van der Waals surface area contributed by atoms with E-state index in [1.54, 1.807) is 27.7 Å². The highest BCUT2D eigenvalue weighted by Crippen LogP contribution is 2.35. The Hall–Kier alpha value is -6.96. The third kappa shape index (κ3) is 24.8. The molecule has 0 spiro atoms. The molecule has 32 heteroatoms. The van der Waals surface area contributed by atoms with E-state index in [0.29, 0.717) is 64.4 Å². The summed E-state index contributed by atoms with van der Waals surface area (Å²) in [5.74, 6) is -1.09. The minimum atomic E-state index is -1.55. The molecule has 26 N–H and O–H groups in total. The molecule has 92 heavy (non-hydrogen) atoms. The summed E-state index contributed by atoms with van der Waals surface area (Å²) in [6.45, 7) is 21.6. The lowest BCUT2D eigenvalue weighted by Crippen LogP contribution is -2.60. The highest BCUT2D eigenvalue weighted by atomic mass is 16.7. The van der Waals surface area contributed by atoms with Crippen molar-refractivity contribution in [1.29, 1.82) is 0 Å². The summed E-state index contributed by atoms with van der Waals surface area (Å²) >= 11 is 0. The Morgan fingerprint density at radius 2 is 0.924 bits per heavy atom. The van der Waals surface area contributed by atoms with E-state index in [1.165, 1.54) is 0 Å². The van der Waals surface area contributed by atoms with Gasteiger partial charge in [0.15, 0.2) is 0 Å². The van der Waals surface area contributed by atoms with Crippen molar-refractivity contribution < 1.29 is 121 Å². The summed E-state index contributed by atoms with van der Waals surface area (Å²) in [4.78, 5) is 41.9. The molecule has 524 valence electrons. The molecule has 2 aliphatic heterocycles. The monoisotopic (exact) mass is 1320 g/mol. The molecule has 4 heterocycles. The lowest BCUT2D eigenvalue weighted by atomic mass is 9.93. The minimum absolute atomic E-state index is 0. The number of nitrogens with zero attached hydrogens (tertiary/aromatic N) is 2. The standard InChI is InChI=1S/2C28H44N4O8.C4H4O4.4H2O/c2*1-15(2)21-19(25(32-31-21)40-26-24(36)23(35)22(34)20(13-33)39-26)12-17-7-8-18(11-16(17)3)38-10-6-9-30-14-28(4,5)27(29)37;5-3(6)1-2-4(7)8;;;;/h2*7-8,11,15,20,22-24,26,30,33-36H,6,9-10,12-14H2,1-5H3,(H2,29,37)(H,31,32);1-2H,(H,5,6)(H,7,8);4*1H2/b;;2-1+;;;;/t2*20-,22-,23+,24-,26+;;;;;/m11...../s1. The number of amides is 2. The maximum Gasteiger partial charge on any atom is 0.328 e. The SMILES string of the molecule is Cc1cc(OCCCNCC(C)(C)C(N)=O)ccc1Cc1c(O[C@@H]2O[C@H](CO)[C@@H](O)[C@H](O)[C@H]2O)n[nH]c1C(C)C.Cc1cc(OCCCNCC(C)(C)C(N)=O)ccc1Cc1c(O[C@@H]2O[C@H](CO)[C@@H](O)[C@H](O)[C@H]2O)n[nH]c1C(C)C.O.O.O.O.O=C(O)/C=C/C(=O)O. The molecule has 0 unspecified atom stereocenters. The van der Waals surface area contributed by atoms with E-state index < -0.39 is 97.4 Å². The molecule has 2 amide bonds. The molecule has 10 atom stereocenters. The number of ether oxygens (including phenoxy) is 6. The van der Waals surface area contributed by atoms with Crippen LogP contribution in [-0.4, -0.2) is 231 Å². The first kappa shape index (κ1) is 85.0. The summed E-state index contributed by atoms with van der Waals surface area (Å²) in [7, 11) is 0. The second-order valence-corrected chi connectivity index (χ2v) is 23.6. The molecule has 32 nitrogen and oxygen atoms in total. The van der Waals surface area contributed by atoms with Gasteiger partial charge in [0.2, 0.25) is 36.2 Å². The van der Waals surface area contributed by atoms with Crippen molar-refractivity contribution >= 4 is 23.8 Å². The summed E-state index contributed by atoms with van der Waals surface area (Å²) in [5, 5.41) is 117. The van der Waals surface area contributed by atoms with E-state index in [0.717, 1.165) is 69.1 Å². The van der Waals surface area contributed by atoms with Crippen LogP contribution < -0.4 is 41.0 Å². The zero-order chi connectivity index (χ0) is 65.8. The number of carbonyl (C=O) groups is 4. The Labute approximate surface area is 533 Å². The molecule has 2 saturated heterocycles. The number of hydrogen-bond acceptors (Lipinski definition) is 22. The summed E-state index contributed by atoms with van der Waals surface area (Å²) in [6, 6.07) is 11.7. The molecule has 0 aliphatic carbocycles. The number of hydrogen-bond donors (Lipinski definition) is 16. The number of rotatable bonds is 30. The lowest BCUT2D eigenvalue weighted by molar-refractivity contribution is -0.278. The van der Waals surface area contributed by atoms with Crippen LogP contribution in [0.15, 0.2) is 48.6 Å². The van der Waals surface area contributed by atoms with Gasteiger partial charge in [-0.1, -0.05) is 39.8 Å². The average molecular weight is 1320 g/mol. The smallest absolute Gasteiger partial charge is 0.328 e. The molecule has 2 aromatic heterocycles. The van der Waals surface area contributed by atoms with Gasteiger partial charge in [-0.3, -0.25) is 19.8 Å². The Bertz CT molecular complexity index is 2710. The van der Waals surface area contributed by atoms with Crippen LogP contribution >= 0.6 is 0 Å². The third-order valence-electron chi connectivity index (χ3n) is 14.8. The molecule has 4 aromatic rings. The van der Waals surface area contributed by atoms with Crippen LogP contribution in [0.4, 0.5) is 0 Å². The zero-order valence-corrected chi connectivity index (χ0v) is 53.6. The normalized spacial score (nSPS) is 21.2. The Morgan fingerprint density at radius 1 is 0.587 bits per heavy atom. The van der Waals surface area contributed by atoms with Gasteiger partial charge in [-0.25, -0.2) is 9.59 Å². The van der Waals surface area contributed by atoms with Crippen molar-refractivity contribution in [2.24, 2.45) is 22.3 Å². The number of carboxylic acid groups (broad SMARTS) is 2. The van der Waals surface area contributed by atoms with Gasteiger partial charge >= 0.3 is 11.9 Å². The number of carboxylic acids is 2. The van der Waals surface area contributed by atoms with Gasteiger partial charge in [-0.2, -0.15) is 0 Å². The number of aliphatic hydroxyl groups excluding tert-OH is 8. The van der Waals surface area contributed by atoms with Crippen molar-refractivity contribution in [3.8, 4) is 23.3 Å². The molecule has 0 saturated carbocycles. The van der Waals surface area contributed by atoms with Crippen LogP contribution in [0.1, 0.15) is 125 Å². The number of benzene rings is 2. The molecule has 2 aliphatic rings. The van der Waals surface area contributed by atoms with Gasteiger partial charge in [-0.15, -0.1) is 10.2 Å². The molecule has 2 fully saturated rings. The van der Waals surface area contributed by atoms with Crippen LogP contribution in [0, 0.1) is 24.7 Å². The van der Waals surface area contributed by atoms with E-state index in [9.17, 15) is 60.0 Å². The highest BCUT2D eigenvalue weighted by molar-refractivity contribution is 5.89. The highest BCUT2D eigenvalue weighted by Gasteiger charge is 2.47. The number of aromatic nitrogens is 4. The first-order chi connectivity index (χ1) is 41.3. The zero-order valence-electron chi connectivity index (χ0n) is 53.6. The quantitative estimate of drug-likeness (QED) is 0.0188. The van der Waals surface area contributed by atoms with E-state index in [-0.39, 0.29) is 57.3 Å². The molecule has 2 aromatic carbocycles. The molecular weight excluding hydrogens is 1220 g/mol. The second kappa shape index (κ2) is 39.6. The fraction of sp³-hybridized carbons (Fsp3) is 0.600. The van der Waals surface area contributed by atoms with Gasteiger partial charge in [0, 0.05) is 60.6 Å². The van der Waals surface area contributed by atoms with Crippen molar-refractivity contribution in [2.75, 3.05) is 52.6 Å². The largest absolute Gasteiger partial charge is 0.494 e. The molecular formula is C60H100N8O24.